The van der Waals surface area contributed by atoms with Crippen molar-refractivity contribution in [3.05, 3.63) is 98.2 Å². The zero-order valence-corrected chi connectivity index (χ0v) is 21.2. The van der Waals surface area contributed by atoms with Crippen LogP contribution < -0.4 is 14.8 Å². The fraction of sp³-hybridized carbons (Fsp3) is 0.148. The molecule has 0 saturated carbocycles. The summed E-state index contributed by atoms with van der Waals surface area (Å²) in [5, 5.41) is 13.9. The van der Waals surface area contributed by atoms with E-state index >= 15 is 0 Å². The number of aliphatic imine (C=N–C) groups is 1. The van der Waals surface area contributed by atoms with Gasteiger partial charge in [0.15, 0.2) is 17.2 Å². The van der Waals surface area contributed by atoms with Crippen molar-refractivity contribution in [2.75, 3.05) is 11.9 Å². The zero-order valence-electron chi connectivity index (χ0n) is 20.4. The predicted molar refractivity (Wildman–Crippen MR) is 141 cm³/mol. The van der Waals surface area contributed by atoms with Gasteiger partial charge in [0.1, 0.15) is 6.61 Å². The van der Waals surface area contributed by atoms with Gasteiger partial charge in [-0.15, -0.1) is 0 Å². The second-order valence-electron chi connectivity index (χ2n) is 8.07. The van der Waals surface area contributed by atoms with E-state index in [2.05, 4.69) is 10.3 Å². The number of esters is 1. The van der Waals surface area contributed by atoms with Crippen LogP contribution in [0.3, 0.4) is 0 Å². The number of carbonyl (C=O) groups is 2. The van der Waals surface area contributed by atoms with E-state index in [1.54, 1.807) is 55.5 Å². The Hall–Kier alpha value is -4.70. The summed E-state index contributed by atoms with van der Waals surface area (Å²) in [7, 11) is 0. The van der Waals surface area contributed by atoms with E-state index in [0.29, 0.717) is 34.7 Å². The van der Waals surface area contributed by atoms with Crippen LogP contribution in [-0.4, -0.2) is 29.3 Å². The number of nitrogens with zero attached hydrogens (tertiary/aromatic N) is 2. The maximum absolute atomic E-state index is 12.5. The number of halogens is 1. The van der Waals surface area contributed by atoms with Gasteiger partial charge in [-0.3, -0.25) is 14.9 Å². The number of cyclic esters (lactones) is 1. The molecule has 0 bridgehead atoms. The lowest BCUT2D eigenvalue weighted by atomic mass is 10.1. The number of anilines is 1. The van der Waals surface area contributed by atoms with Crippen LogP contribution in [0.5, 0.6) is 11.5 Å². The van der Waals surface area contributed by atoms with E-state index in [-0.39, 0.29) is 40.6 Å². The quantitative estimate of drug-likeness (QED) is 0.165. The SMILES string of the molecule is CCOc1cc(/C=C2\N=C(c3ccc(NC(C)=O)cc3)OC2=O)cc(Cl)c1OCc1cccc([N+](=O)[O-])c1. The highest BCUT2D eigenvalue weighted by atomic mass is 35.5. The number of rotatable bonds is 9. The van der Waals surface area contributed by atoms with E-state index in [9.17, 15) is 19.7 Å². The fourth-order valence-corrected chi connectivity index (χ4v) is 3.85. The van der Waals surface area contributed by atoms with Gasteiger partial charge in [-0.2, -0.15) is 0 Å². The maximum atomic E-state index is 12.5. The molecule has 0 unspecified atom stereocenters. The minimum atomic E-state index is -0.633. The van der Waals surface area contributed by atoms with Gasteiger partial charge >= 0.3 is 5.97 Å². The topological polar surface area (TPSA) is 129 Å². The molecule has 194 valence electrons. The van der Waals surface area contributed by atoms with Gasteiger partial charge in [-0.1, -0.05) is 23.7 Å². The number of hydrogen-bond donors (Lipinski definition) is 1. The lowest BCUT2D eigenvalue weighted by Gasteiger charge is -2.14. The molecule has 0 spiro atoms. The normalized spacial score (nSPS) is 13.6. The van der Waals surface area contributed by atoms with Crippen LogP contribution in [0.15, 0.2) is 71.4 Å². The lowest BCUT2D eigenvalue weighted by Crippen LogP contribution is -2.07. The summed E-state index contributed by atoms with van der Waals surface area (Å²) in [6, 6.07) is 16.0. The summed E-state index contributed by atoms with van der Waals surface area (Å²) < 4.78 is 16.9. The molecule has 10 nitrogen and oxygen atoms in total. The van der Waals surface area contributed by atoms with Gasteiger partial charge in [0.05, 0.1) is 16.6 Å². The Labute approximate surface area is 222 Å². The summed E-state index contributed by atoms with van der Waals surface area (Å²) in [5.41, 5.74) is 2.30. The number of benzene rings is 3. The minimum absolute atomic E-state index is 0.0304. The third-order valence-electron chi connectivity index (χ3n) is 5.21. The highest BCUT2D eigenvalue weighted by Crippen LogP contribution is 2.38. The van der Waals surface area contributed by atoms with E-state index in [0.717, 1.165) is 0 Å². The molecule has 1 N–H and O–H groups in total. The molecule has 0 radical (unpaired) electrons. The molecule has 0 atom stereocenters. The number of ether oxygens (including phenoxy) is 3. The largest absolute Gasteiger partial charge is 0.490 e. The van der Waals surface area contributed by atoms with E-state index in [1.807, 2.05) is 0 Å². The van der Waals surface area contributed by atoms with Gasteiger partial charge < -0.3 is 19.5 Å². The Kier molecular flexibility index (Phi) is 8.03. The molecular formula is C27H22ClN3O7. The first kappa shape index (κ1) is 26.4. The molecule has 1 heterocycles. The predicted octanol–water partition coefficient (Wildman–Crippen LogP) is 5.53. The Morgan fingerprint density at radius 2 is 1.92 bits per heavy atom. The molecule has 1 amide bonds. The van der Waals surface area contributed by atoms with Crippen molar-refractivity contribution in [2.24, 2.45) is 4.99 Å². The average molecular weight is 536 g/mol. The standard InChI is InChI=1S/C27H22ClN3O7/c1-3-36-24-14-18(12-22(28)25(24)37-15-17-5-4-6-21(11-17)31(34)35)13-23-27(33)38-26(30-23)19-7-9-20(10-8-19)29-16(2)32/h4-14H,3,15H2,1-2H3,(H,29,32)/b23-13-. The second-order valence-corrected chi connectivity index (χ2v) is 8.48. The minimum Gasteiger partial charge on any atom is -0.490 e. The number of amides is 1. The van der Waals surface area contributed by atoms with Crippen LogP contribution in [0, 0.1) is 10.1 Å². The smallest absolute Gasteiger partial charge is 0.363 e. The average Bonchev–Trinajstić information content (AvgIpc) is 3.24. The highest BCUT2D eigenvalue weighted by Gasteiger charge is 2.25. The molecule has 1 aliphatic heterocycles. The molecule has 0 aliphatic carbocycles. The van der Waals surface area contributed by atoms with Crippen molar-refractivity contribution < 1.29 is 28.7 Å². The first-order valence-electron chi connectivity index (χ1n) is 11.5. The van der Waals surface area contributed by atoms with Crippen LogP contribution >= 0.6 is 11.6 Å². The van der Waals surface area contributed by atoms with Gasteiger partial charge in [0.2, 0.25) is 11.8 Å². The van der Waals surface area contributed by atoms with Gasteiger partial charge in [-0.05, 0) is 60.5 Å². The number of nitro benzene ring substituents is 1. The number of nitro groups is 1. The van der Waals surface area contributed by atoms with Gasteiger partial charge in [0, 0.05) is 30.3 Å². The second kappa shape index (κ2) is 11.6. The Morgan fingerprint density at radius 1 is 1.16 bits per heavy atom. The van der Waals surface area contributed by atoms with E-state index in [1.165, 1.54) is 25.1 Å². The number of carbonyl (C=O) groups excluding carboxylic acids is 2. The summed E-state index contributed by atoms with van der Waals surface area (Å²) in [6.45, 7) is 3.56. The van der Waals surface area contributed by atoms with Crippen LogP contribution in [0.2, 0.25) is 5.02 Å². The number of hydrogen-bond acceptors (Lipinski definition) is 8. The number of non-ortho nitro benzene ring substituents is 1. The van der Waals surface area contributed by atoms with Crippen molar-refractivity contribution in [3.63, 3.8) is 0 Å². The van der Waals surface area contributed by atoms with Crippen molar-refractivity contribution in [2.45, 2.75) is 20.5 Å². The molecule has 11 heteroatoms. The van der Waals surface area contributed by atoms with Crippen molar-refractivity contribution in [1.82, 2.24) is 0 Å². The summed E-state index contributed by atoms with van der Waals surface area (Å²) >= 11 is 6.49. The summed E-state index contributed by atoms with van der Waals surface area (Å²) in [5.74, 6) is -0.103. The fourth-order valence-electron chi connectivity index (χ4n) is 3.58. The Morgan fingerprint density at radius 3 is 2.61 bits per heavy atom. The van der Waals surface area contributed by atoms with Crippen LogP contribution in [0.4, 0.5) is 11.4 Å². The molecule has 38 heavy (non-hydrogen) atoms. The molecule has 0 fully saturated rings. The highest BCUT2D eigenvalue weighted by molar-refractivity contribution is 6.32. The van der Waals surface area contributed by atoms with E-state index < -0.39 is 10.9 Å². The van der Waals surface area contributed by atoms with E-state index in [4.69, 9.17) is 25.8 Å². The van der Waals surface area contributed by atoms with Gasteiger partial charge in [-0.25, -0.2) is 9.79 Å². The maximum Gasteiger partial charge on any atom is 0.363 e. The van der Waals surface area contributed by atoms with Crippen molar-refractivity contribution >= 4 is 46.8 Å². The van der Waals surface area contributed by atoms with Crippen LogP contribution in [0.25, 0.3) is 6.08 Å². The number of nitrogens with one attached hydrogen (secondary N) is 1. The first-order chi connectivity index (χ1) is 18.2. The zero-order chi connectivity index (χ0) is 27.2. The molecule has 1 aliphatic rings. The summed E-state index contributed by atoms with van der Waals surface area (Å²) in [4.78, 5) is 38.5. The molecular weight excluding hydrogens is 514 g/mol. The molecule has 0 aromatic heterocycles. The molecule has 3 aromatic carbocycles. The lowest BCUT2D eigenvalue weighted by molar-refractivity contribution is -0.384. The molecule has 0 saturated heterocycles. The molecule has 4 rings (SSSR count). The van der Waals surface area contributed by atoms with Gasteiger partial charge in [0.25, 0.3) is 5.69 Å². The van der Waals surface area contributed by atoms with Crippen molar-refractivity contribution in [1.29, 1.82) is 0 Å². The first-order valence-corrected chi connectivity index (χ1v) is 11.8. The van der Waals surface area contributed by atoms with Crippen LogP contribution in [0.1, 0.15) is 30.5 Å². The monoisotopic (exact) mass is 535 g/mol. The Balaban J connectivity index is 1.56. The summed E-state index contributed by atoms with van der Waals surface area (Å²) in [6.07, 6.45) is 1.51. The third-order valence-corrected chi connectivity index (χ3v) is 5.49. The van der Waals surface area contributed by atoms with Crippen molar-refractivity contribution in [3.8, 4) is 11.5 Å². The van der Waals surface area contributed by atoms with Crippen LogP contribution in [-0.2, 0) is 20.9 Å². The molecule has 3 aromatic rings. The third kappa shape index (κ3) is 6.34. The Bertz CT molecular complexity index is 1470.